The van der Waals surface area contributed by atoms with Crippen molar-refractivity contribution in [2.45, 2.75) is 139 Å². The number of carboxylic acids is 1. The summed E-state index contributed by atoms with van der Waals surface area (Å²) in [5.74, 6) is -9.26. The number of hydrogen-bond donors (Lipinski definition) is 16. The Morgan fingerprint density at radius 1 is 0.662 bits per heavy atom. The van der Waals surface area contributed by atoms with Gasteiger partial charge in [-0.2, -0.15) is 0 Å². The van der Waals surface area contributed by atoms with Crippen LogP contribution in [0.15, 0.2) is 4.99 Å². The van der Waals surface area contributed by atoms with Gasteiger partial charge in [0.05, 0.1) is 25.8 Å². The average molecular weight is 972 g/mol. The number of hydrogen-bond acceptors (Lipinski definition) is 16. The number of unbranched alkanes of at least 4 members (excludes halogenated alkanes) is 2. The third-order valence-electron chi connectivity index (χ3n) is 10.7. The van der Waals surface area contributed by atoms with Gasteiger partial charge in [0.2, 0.25) is 53.2 Å². The van der Waals surface area contributed by atoms with Crippen LogP contribution in [0.5, 0.6) is 0 Å². The number of amides is 9. The van der Waals surface area contributed by atoms with Crippen LogP contribution in [0.2, 0.25) is 0 Å². The van der Waals surface area contributed by atoms with E-state index in [2.05, 4.69) is 36.9 Å². The number of nitrogens with two attached hydrogens (primary N) is 6. The minimum Gasteiger partial charge on any atom is -0.480 e. The predicted octanol–water partition coefficient (Wildman–Crippen LogP) is -7.61. The molecule has 0 radical (unpaired) electrons. The fourth-order valence-corrected chi connectivity index (χ4v) is 6.91. The van der Waals surface area contributed by atoms with Crippen molar-refractivity contribution in [1.82, 2.24) is 42.1 Å². The number of guanidine groups is 1. The van der Waals surface area contributed by atoms with Crippen molar-refractivity contribution in [2.24, 2.45) is 39.4 Å². The molecule has 68 heavy (non-hydrogen) atoms. The summed E-state index contributed by atoms with van der Waals surface area (Å²) in [7, 11) is 0. The Balaban J connectivity index is 3.33. The van der Waals surface area contributed by atoms with E-state index < -0.39 is 134 Å². The van der Waals surface area contributed by atoms with Crippen molar-refractivity contribution in [3.63, 3.8) is 0 Å². The maximum Gasteiger partial charge on any atom is 0.328 e. The zero-order valence-electron chi connectivity index (χ0n) is 38.5. The lowest BCUT2D eigenvalue weighted by Gasteiger charge is -2.36. The summed E-state index contributed by atoms with van der Waals surface area (Å²) < 4.78 is 0. The first-order valence-electron chi connectivity index (χ1n) is 22.5. The highest BCUT2D eigenvalue weighted by Gasteiger charge is 2.37. The number of nitrogens with zero attached hydrogens (tertiary/aromatic N) is 2. The van der Waals surface area contributed by atoms with Gasteiger partial charge in [-0.1, -0.05) is 0 Å². The molecule has 1 saturated heterocycles. The summed E-state index contributed by atoms with van der Waals surface area (Å²) in [6, 6.07) is -9.96. The zero-order valence-corrected chi connectivity index (χ0v) is 38.5. The molecule has 0 aromatic carbocycles. The van der Waals surface area contributed by atoms with Crippen LogP contribution < -0.4 is 71.6 Å². The Morgan fingerprint density at radius 2 is 1.19 bits per heavy atom. The van der Waals surface area contributed by atoms with Gasteiger partial charge in [-0.25, -0.2) is 4.79 Å². The number of carbonyl (C=O) groups is 10. The molecule has 1 aliphatic rings. The molecule has 0 aromatic rings. The smallest absolute Gasteiger partial charge is 0.328 e. The molecule has 28 nitrogen and oxygen atoms in total. The molecule has 0 bridgehead atoms. The largest absolute Gasteiger partial charge is 0.480 e. The van der Waals surface area contributed by atoms with Crippen LogP contribution in [0, 0.1) is 0 Å². The first-order valence-corrected chi connectivity index (χ1v) is 22.5. The van der Waals surface area contributed by atoms with E-state index >= 15 is 0 Å². The van der Waals surface area contributed by atoms with Crippen molar-refractivity contribution in [3.8, 4) is 0 Å². The number of piperidine rings is 1. The molecule has 0 spiro atoms. The quantitative estimate of drug-likeness (QED) is 0.0165. The molecule has 1 fully saturated rings. The zero-order chi connectivity index (χ0) is 51.3. The molecule has 0 saturated carbocycles. The summed E-state index contributed by atoms with van der Waals surface area (Å²) in [5.41, 5.74) is 32.8. The van der Waals surface area contributed by atoms with E-state index in [-0.39, 0.29) is 70.7 Å². The van der Waals surface area contributed by atoms with E-state index in [1.54, 1.807) is 0 Å². The molecule has 386 valence electrons. The van der Waals surface area contributed by atoms with Crippen molar-refractivity contribution in [3.05, 3.63) is 0 Å². The van der Waals surface area contributed by atoms with Crippen LogP contribution in [0.25, 0.3) is 0 Å². The molecular weight excluding hydrogens is 899 g/mol. The number of rotatable bonds is 33. The maximum atomic E-state index is 14.0. The number of likely N-dealkylation sites (tertiary alicyclic amines) is 1. The maximum absolute atomic E-state index is 14.0. The summed E-state index contributed by atoms with van der Waals surface area (Å²) in [6.07, 6.45) is 0.637. The van der Waals surface area contributed by atoms with E-state index in [1.807, 2.05) is 5.32 Å². The van der Waals surface area contributed by atoms with Crippen LogP contribution in [0.4, 0.5) is 0 Å². The van der Waals surface area contributed by atoms with Crippen molar-refractivity contribution < 1.29 is 63.3 Å². The number of aliphatic hydroxyl groups excluding tert-OH is 2. The number of aliphatic imine (C=N–C) groups is 1. The molecule has 1 aliphatic heterocycles. The van der Waals surface area contributed by atoms with E-state index in [9.17, 15) is 63.3 Å². The molecule has 0 aromatic heterocycles. The van der Waals surface area contributed by atoms with Crippen molar-refractivity contribution in [1.29, 1.82) is 0 Å². The van der Waals surface area contributed by atoms with Crippen LogP contribution >= 0.6 is 0 Å². The Labute approximate surface area is 394 Å². The third kappa shape index (κ3) is 22.5. The van der Waals surface area contributed by atoms with Gasteiger partial charge in [-0.05, 0) is 97.1 Å². The van der Waals surface area contributed by atoms with E-state index in [4.69, 9.17) is 34.4 Å². The summed E-state index contributed by atoms with van der Waals surface area (Å²) in [6.45, 7) is -0.0695. The fraction of sp³-hybridized carbons (Fsp3) is 0.725. The molecule has 1 rings (SSSR count). The molecule has 1 heterocycles. The van der Waals surface area contributed by atoms with Crippen LogP contribution in [-0.2, 0) is 47.9 Å². The SMILES string of the molecule is C[C@@H](O)[C@H](NC(=O)[C@H](CCCCN)NC(=O)[C@H](CCC(N)=O)NC(=O)[C@H](CCCCN)NC(=O)[C@@H]1CCCCN1C(=O)CNC(=O)[C@H](CCCN=C(N)N)NC(=O)CN)C(=O)N[C@@H](CO)C(=O)O. The van der Waals surface area contributed by atoms with E-state index in [0.717, 1.165) is 6.92 Å². The van der Waals surface area contributed by atoms with Gasteiger partial charge < -0.3 is 91.8 Å². The first kappa shape index (κ1) is 59.8. The standard InChI is InChI=1S/C40H73N15O13/c1-22(57)32(38(66)53-27(21-56)39(67)68)54-36(64)25(10-3-6-16-42)50-35(63)26(13-14-29(44)58)51-34(62)24(9-2-5-15-41)52-37(65)28-12-4-7-18-55(28)31(60)20-48-33(61)23(49-30(59)19-43)11-8-17-47-40(45)46/h22-28,32,56-57H,2-21,41-43H2,1H3,(H2,44,58)(H,48,61)(H,49,59)(H,50,63)(H,51,62)(H,52,65)(H,53,66)(H,54,64)(H,67,68)(H4,45,46,47)/t22-,23+,24+,25+,26+,27+,28+,32+/m1/s1. The van der Waals surface area contributed by atoms with Gasteiger partial charge in [0.25, 0.3) is 0 Å². The fourth-order valence-electron chi connectivity index (χ4n) is 6.91. The van der Waals surface area contributed by atoms with Crippen molar-refractivity contribution >= 4 is 65.1 Å². The topological polar surface area (TPSA) is 487 Å². The van der Waals surface area contributed by atoms with Gasteiger partial charge >= 0.3 is 5.97 Å². The Kier molecular flexibility index (Phi) is 28.5. The Morgan fingerprint density at radius 3 is 1.71 bits per heavy atom. The van der Waals surface area contributed by atoms with Gasteiger partial charge in [0, 0.05) is 19.5 Å². The molecule has 9 amide bonds. The second-order valence-electron chi connectivity index (χ2n) is 16.2. The highest BCUT2D eigenvalue weighted by atomic mass is 16.4. The number of carboxylic acid groups (broad SMARTS) is 1. The van der Waals surface area contributed by atoms with E-state index in [0.29, 0.717) is 38.5 Å². The predicted molar refractivity (Wildman–Crippen MR) is 244 cm³/mol. The summed E-state index contributed by atoms with van der Waals surface area (Å²) in [4.78, 5) is 135. The highest BCUT2D eigenvalue weighted by Crippen LogP contribution is 2.18. The highest BCUT2D eigenvalue weighted by molar-refractivity contribution is 5.97. The molecule has 0 aliphatic carbocycles. The lowest BCUT2D eigenvalue weighted by molar-refractivity contribution is -0.144. The van der Waals surface area contributed by atoms with E-state index in [1.165, 1.54) is 4.90 Å². The molecular formula is C40H73N15O13. The van der Waals surface area contributed by atoms with Crippen molar-refractivity contribution in [2.75, 3.05) is 45.9 Å². The summed E-state index contributed by atoms with van der Waals surface area (Å²) >= 11 is 0. The number of nitrogens with one attached hydrogen (secondary N) is 7. The number of carbonyl (C=O) groups excluding carboxylic acids is 9. The Bertz CT molecular complexity index is 1730. The molecule has 0 unspecified atom stereocenters. The monoisotopic (exact) mass is 972 g/mol. The minimum absolute atomic E-state index is 0.0146. The molecule has 22 N–H and O–H groups in total. The van der Waals surface area contributed by atoms with Gasteiger partial charge in [-0.3, -0.25) is 48.1 Å². The average Bonchev–Trinajstić information content (AvgIpc) is 3.29. The normalized spacial score (nSPS) is 16.4. The second kappa shape index (κ2) is 32.5. The lowest BCUT2D eigenvalue weighted by atomic mass is 9.99. The van der Waals surface area contributed by atoms with Gasteiger partial charge in [0.15, 0.2) is 5.96 Å². The van der Waals surface area contributed by atoms with Crippen LogP contribution in [0.3, 0.4) is 0 Å². The molecule has 28 heteroatoms. The summed E-state index contributed by atoms with van der Waals surface area (Å²) in [5, 5.41) is 45.9. The third-order valence-corrected chi connectivity index (χ3v) is 10.7. The first-order chi connectivity index (χ1) is 32.2. The van der Waals surface area contributed by atoms with Gasteiger partial charge in [-0.15, -0.1) is 0 Å². The Hall–Kier alpha value is -6.23. The van der Waals surface area contributed by atoms with Crippen LogP contribution in [-0.4, -0.2) is 180 Å². The second-order valence-corrected chi connectivity index (χ2v) is 16.2. The minimum atomic E-state index is -1.76. The van der Waals surface area contributed by atoms with Crippen LogP contribution in [0.1, 0.15) is 90.4 Å². The number of primary amides is 1. The number of aliphatic carboxylic acids is 1. The lowest BCUT2D eigenvalue weighted by Crippen LogP contribution is -2.61. The molecule has 8 atom stereocenters. The number of aliphatic hydroxyl groups is 2. The van der Waals surface area contributed by atoms with Gasteiger partial charge in [0.1, 0.15) is 42.3 Å².